The molecule has 0 radical (unpaired) electrons. The van der Waals surface area contributed by atoms with Crippen LogP contribution in [0.3, 0.4) is 0 Å². The van der Waals surface area contributed by atoms with E-state index >= 15 is 0 Å². The largest absolute Gasteiger partial charge is 0.383 e. The third-order valence-electron chi connectivity index (χ3n) is 2.34. The van der Waals surface area contributed by atoms with Gasteiger partial charge in [0.05, 0.1) is 21.2 Å². The van der Waals surface area contributed by atoms with Crippen LogP contribution in [0.2, 0.25) is 0 Å². The van der Waals surface area contributed by atoms with Gasteiger partial charge in [0, 0.05) is 19.7 Å². The van der Waals surface area contributed by atoms with Gasteiger partial charge in [-0.1, -0.05) is 0 Å². The van der Waals surface area contributed by atoms with Crippen molar-refractivity contribution in [3.63, 3.8) is 0 Å². The third-order valence-corrected chi connectivity index (χ3v) is 3.17. The molecule has 2 N–H and O–H groups in total. The van der Waals surface area contributed by atoms with Crippen LogP contribution in [-0.4, -0.2) is 23.3 Å². The van der Waals surface area contributed by atoms with E-state index in [9.17, 15) is 4.39 Å². The maximum Gasteiger partial charge on any atom is 0.201 e. The number of imidazole rings is 1. The number of hydrogen-bond acceptors (Lipinski definition) is 3. The van der Waals surface area contributed by atoms with Gasteiger partial charge in [0.2, 0.25) is 5.95 Å². The summed E-state index contributed by atoms with van der Waals surface area (Å²) in [5, 5.41) is 0. The lowest BCUT2D eigenvalue weighted by atomic mass is 10.3. The molecule has 16 heavy (non-hydrogen) atoms. The highest BCUT2D eigenvalue weighted by Gasteiger charge is 2.11. The Kier molecular flexibility index (Phi) is 3.29. The van der Waals surface area contributed by atoms with Crippen molar-refractivity contribution in [3.8, 4) is 0 Å². The average molecular weight is 335 g/mol. The fourth-order valence-corrected chi connectivity index (χ4v) is 2.01. The Morgan fingerprint density at radius 1 is 1.56 bits per heavy atom. The number of rotatable bonds is 3. The smallest absolute Gasteiger partial charge is 0.201 e. The van der Waals surface area contributed by atoms with Crippen LogP contribution in [0.15, 0.2) is 12.1 Å². The quantitative estimate of drug-likeness (QED) is 0.873. The predicted octanol–water partition coefficient (Wildman–Crippen LogP) is 2.01. The number of nitrogen functional groups attached to an aromatic ring is 1. The lowest BCUT2D eigenvalue weighted by Gasteiger charge is -2.05. The molecule has 0 amide bonds. The minimum atomic E-state index is -0.258. The Balaban J connectivity index is 2.55. The van der Waals surface area contributed by atoms with Gasteiger partial charge in [0.15, 0.2) is 0 Å². The van der Waals surface area contributed by atoms with Gasteiger partial charge in [-0.05, 0) is 28.7 Å². The lowest BCUT2D eigenvalue weighted by Crippen LogP contribution is -2.07. The summed E-state index contributed by atoms with van der Waals surface area (Å²) >= 11 is 1.93. The van der Waals surface area contributed by atoms with Crippen LogP contribution < -0.4 is 5.73 Å². The molecule has 0 aliphatic heterocycles. The zero-order valence-corrected chi connectivity index (χ0v) is 10.9. The molecule has 0 unspecified atom stereocenters. The molecule has 2 rings (SSSR count). The molecule has 4 nitrogen and oxygen atoms in total. The zero-order valence-electron chi connectivity index (χ0n) is 8.70. The second-order valence-electron chi connectivity index (χ2n) is 3.37. The minimum absolute atomic E-state index is 0.258. The van der Waals surface area contributed by atoms with Gasteiger partial charge in [-0.15, -0.1) is 0 Å². The number of benzene rings is 1. The van der Waals surface area contributed by atoms with Gasteiger partial charge in [0.1, 0.15) is 5.82 Å². The Hall–Kier alpha value is -0.890. The summed E-state index contributed by atoms with van der Waals surface area (Å²) < 4.78 is 20.7. The number of anilines is 1. The van der Waals surface area contributed by atoms with Crippen LogP contribution in [0.25, 0.3) is 11.0 Å². The topological polar surface area (TPSA) is 53.1 Å². The molecule has 1 aromatic carbocycles. The van der Waals surface area contributed by atoms with Crippen molar-refractivity contribution in [1.29, 1.82) is 0 Å². The van der Waals surface area contributed by atoms with E-state index in [-0.39, 0.29) is 5.82 Å². The van der Waals surface area contributed by atoms with Crippen LogP contribution in [0.5, 0.6) is 0 Å². The van der Waals surface area contributed by atoms with Crippen molar-refractivity contribution in [2.45, 2.75) is 6.54 Å². The second kappa shape index (κ2) is 4.54. The van der Waals surface area contributed by atoms with Crippen LogP contribution in [-0.2, 0) is 11.3 Å². The van der Waals surface area contributed by atoms with Crippen LogP contribution in [0.4, 0.5) is 10.3 Å². The van der Waals surface area contributed by atoms with E-state index < -0.39 is 0 Å². The van der Waals surface area contributed by atoms with Gasteiger partial charge in [0.25, 0.3) is 0 Å². The van der Waals surface area contributed by atoms with Crippen LogP contribution in [0, 0.1) is 9.39 Å². The summed E-state index contributed by atoms with van der Waals surface area (Å²) in [4.78, 5) is 4.18. The van der Waals surface area contributed by atoms with Crippen molar-refractivity contribution in [2.75, 3.05) is 19.5 Å². The van der Waals surface area contributed by atoms with Crippen LogP contribution in [0.1, 0.15) is 0 Å². The molecular formula is C10H11FIN3O. The Labute approximate surface area is 106 Å². The molecule has 0 spiro atoms. The van der Waals surface area contributed by atoms with Gasteiger partial charge < -0.3 is 15.0 Å². The number of halogens is 2. The molecule has 1 heterocycles. The summed E-state index contributed by atoms with van der Waals surface area (Å²) in [7, 11) is 1.61. The molecule has 2 aromatic rings. The number of ether oxygens (including phenoxy) is 1. The lowest BCUT2D eigenvalue weighted by molar-refractivity contribution is 0.189. The Morgan fingerprint density at radius 3 is 3.00 bits per heavy atom. The average Bonchev–Trinajstić information content (AvgIpc) is 2.52. The van der Waals surface area contributed by atoms with E-state index in [1.165, 1.54) is 6.07 Å². The van der Waals surface area contributed by atoms with E-state index in [2.05, 4.69) is 4.98 Å². The Bertz CT molecular complexity index is 526. The fraction of sp³-hybridized carbons (Fsp3) is 0.300. The first kappa shape index (κ1) is 11.6. The van der Waals surface area contributed by atoms with Crippen molar-refractivity contribution < 1.29 is 9.13 Å². The van der Waals surface area contributed by atoms with E-state index in [1.54, 1.807) is 17.7 Å². The first-order valence-corrected chi connectivity index (χ1v) is 5.81. The molecule has 86 valence electrons. The number of nitrogens with two attached hydrogens (primary N) is 1. The molecular weight excluding hydrogens is 324 g/mol. The monoisotopic (exact) mass is 335 g/mol. The second-order valence-corrected chi connectivity index (χ2v) is 4.53. The summed E-state index contributed by atoms with van der Waals surface area (Å²) in [5.74, 6) is 0.125. The maximum atomic E-state index is 13.4. The highest BCUT2D eigenvalue weighted by atomic mass is 127. The Morgan fingerprint density at radius 2 is 2.31 bits per heavy atom. The van der Waals surface area contributed by atoms with Crippen molar-refractivity contribution in [3.05, 3.63) is 21.5 Å². The number of fused-ring (bicyclic) bond motifs is 1. The molecule has 0 saturated heterocycles. The van der Waals surface area contributed by atoms with Gasteiger partial charge >= 0.3 is 0 Å². The highest BCUT2D eigenvalue weighted by Crippen LogP contribution is 2.22. The van der Waals surface area contributed by atoms with E-state index in [4.69, 9.17) is 10.5 Å². The standard InChI is InChI=1S/C10H11FIN3O/c1-16-3-2-15-9-4-6(11)7(12)5-8(9)14-10(15)13/h4-5H,2-3H2,1H3,(H2,13,14). The molecule has 0 fully saturated rings. The fourth-order valence-electron chi connectivity index (χ4n) is 1.56. The molecule has 0 atom stereocenters. The summed E-state index contributed by atoms with van der Waals surface area (Å²) in [6.07, 6.45) is 0. The number of methoxy groups -OCH3 is 1. The van der Waals surface area contributed by atoms with Gasteiger partial charge in [-0.2, -0.15) is 0 Å². The summed E-state index contributed by atoms with van der Waals surface area (Å²) in [6.45, 7) is 1.09. The molecule has 6 heteroatoms. The first-order chi connectivity index (χ1) is 7.63. The highest BCUT2D eigenvalue weighted by molar-refractivity contribution is 14.1. The number of nitrogens with zero attached hydrogens (tertiary/aromatic N) is 2. The van der Waals surface area contributed by atoms with Crippen molar-refractivity contribution in [1.82, 2.24) is 9.55 Å². The third kappa shape index (κ3) is 1.99. The first-order valence-electron chi connectivity index (χ1n) is 4.73. The molecule has 0 aliphatic carbocycles. The molecule has 1 aromatic heterocycles. The molecule has 0 bridgehead atoms. The summed E-state index contributed by atoms with van der Waals surface area (Å²) in [5.41, 5.74) is 7.17. The maximum absolute atomic E-state index is 13.4. The zero-order chi connectivity index (χ0) is 11.7. The molecule has 0 saturated carbocycles. The normalized spacial score (nSPS) is 11.2. The van der Waals surface area contributed by atoms with E-state index in [1.807, 2.05) is 22.6 Å². The minimum Gasteiger partial charge on any atom is -0.383 e. The van der Waals surface area contributed by atoms with Crippen LogP contribution >= 0.6 is 22.6 Å². The SMILES string of the molecule is COCCn1c(N)nc2cc(I)c(F)cc21. The summed E-state index contributed by atoms with van der Waals surface area (Å²) in [6, 6.07) is 3.14. The van der Waals surface area contributed by atoms with E-state index in [0.29, 0.717) is 33.7 Å². The van der Waals surface area contributed by atoms with Gasteiger partial charge in [-0.25, -0.2) is 9.37 Å². The predicted molar refractivity (Wildman–Crippen MR) is 68.7 cm³/mol. The van der Waals surface area contributed by atoms with Crippen molar-refractivity contribution in [2.24, 2.45) is 0 Å². The number of hydrogen-bond donors (Lipinski definition) is 1. The number of aromatic nitrogens is 2. The van der Waals surface area contributed by atoms with Crippen molar-refractivity contribution >= 4 is 39.6 Å². The molecule has 0 aliphatic rings. The van der Waals surface area contributed by atoms with E-state index in [0.717, 1.165) is 0 Å². The van der Waals surface area contributed by atoms with Gasteiger partial charge in [-0.3, -0.25) is 0 Å².